The van der Waals surface area contributed by atoms with Gasteiger partial charge in [0.1, 0.15) is 11.5 Å². The van der Waals surface area contributed by atoms with E-state index in [1.165, 1.54) is 25.7 Å². The summed E-state index contributed by atoms with van der Waals surface area (Å²) < 4.78 is 18.4. The fourth-order valence-corrected chi connectivity index (χ4v) is 6.76. The summed E-state index contributed by atoms with van der Waals surface area (Å²) in [6.45, 7) is 9.70. The van der Waals surface area contributed by atoms with E-state index in [-0.39, 0.29) is 16.2 Å². The van der Waals surface area contributed by atoms with E-state index in [9.17, 15) is 4.21 Å². The van der Waals surface area contributed by atoms with Gasteiger partial charge in [-0.2, -0.15) is 0 Å². The monoisotopic (exact) mass is 515 g/mol. The number of aromatic nitrogens is 4. The van der Waals surface area contributed by atoms with Crippen LogP contribution < -0.4 is 15.4 Å². The average Bonchev–Trinajstić information content (AvgIpc) is 3.47. The molecule has 2 fully saturated rings. The van der Waals surface area contributed by atoms with Gasteiger partial charge in [0.05, 0.1) is 26.4 Å². The topological polar surface area (TPSA) is 101 Å². The lowest BCUT2D eigenvalue weighted by Gasteiger charge is -2.47. The minimum Gasteiger partial charge on any atom is -0.384 e. The van der Waals surface area contributed by atoms with Crippen molar-refractivity contribution in [2.75, 3.05) is 23.7 Å². The maximum absolute atomic E-state index is 13.1. The third kappa shape index (κ3) is 4.42. The number of rotatable bonds is 4. The van der Waals surface area contributed by atoms with Crippen molar-refractivity contribution in [2.45, 2.75) is 70.6 Å². The van der Waals surface area contributed by atoms with Crippen LogP contribution in [-0.2, 0) is 11.0 Å². The van der Waals surface area contributed by atoms with Crippen LogP contribution in [0.25, 0.3) is 16.8 Å². The predicted octanol–water partition coefficient (Wildman–Crippen LogP) is 4.53. The van der Waals surface area contributed by atoms with Gasteiger partial charge in [0.2, 0.25) is 5.95 Å². The van der Waals surface area contributed by atoms with Crippen molar-refractivity contribution in [2.24, 2.45) is 5.41 Å². The summed E-state index contributed by atoms with van der Waals surface area (Å²) in [4.78, 5) is 16.1. The number of nitrogens with zero attached hydrogens (tertiary/aromatic N) is 5. The van der Waals surface area contributed by atoms with Gasteiger partial charge in [0, 0.05) is 48.8 Å². The minimum absolute atomic E-state index is 0.133. The van der Waals surface area contributed by atoms with E-state index in [1.54, 1.807) is 18.5 Å². The molecule has 2 aliphatic rings. The number of anilines is 2. The summed E-state index contributed by atoms with van der Waals surface area (Å²) in [6.07, 6.45) is 11.2. The lowest BCUT2D eigenvalue weighted by Crippen LogP contribution is -2.58. The lowest BCUT2D eigenvalue weighted by atomic mass is 9.73. The van der Waals surface area contributed by atoms with Crippen LogP contribution in [0.15, 0.2) is 24.7 Å². The summed E-state index contributed by atoms with van der Waals surface area (Å²) >= 11 is 6.50. The van der Waals surface area contributed by atoms with Crippen molar-refractivity contribution >= 4 is 40.0 Å². The highest BCUT2D eigenvalue weighted by atomic mass is 35.5. The summed E-state index contributed by atoms with van der Waals surface area (Å²) in [6, 6.07) is 1.90. The number of fused-ring (bicyclic) bond motifs is 1. The van der Waals surface area contributed by atoms with Gasteiger partial charge in [-0.3, -0.25) is 4.40 Å². The largest absolute Gasteiger partial charge is 0.384 e. The number of nitrogens with two attached hydrogens (primary N) is 1. The Morgan fingerprint density at radius 1 is 1.23 bits per heavy atom. The number of halogens is 1. The van der Waals surface area contributed by atoms with Crippen molar-refractivity contribution in [1.82, 2.24) is 24.1 Å². The number of hydrogen-bond acceptors (Lipinski definition) is 6. The smallest absolute Gasteiger partial charge is 0.211 e. The molecule has 1 saturated heterocycles. The third-order valence-corrected chi connectivity index (χ3v) is 9.48. The Morgan fingerprint density at radius 3 is 2.69 bits per heavy atom. The fourth-order valence-electron chi connectivity index (χ4n) is 5.62. The van der Waals surface area contributed by atoms with E-state index in [1.807, 2.05) is 38.3 Å². The van der Waals surface area contributed by atoms with Crippen LogP contribution >= 0.6 is 11.6 Å². The van der Waals surface area contributed by atoms with E-state index in [4.69, 9.17) is 22.3 Å². The molecular weight excluding hydrogens is 482 g/mol. The molecule has 188 valence electrons. The van der Waals surface area contributed by atoms with Crippen LogP contribution in [0.1, 0.15) is 58.6 Å². The highest BCUT2D eigenvalue weighted by Crippen LogP contribution is 2.47. The summed E-state index contributed by atoms with van der Waals surface area (Å²) in [5, 5.41) is 0.511. The van der Waals surface area contributed by atoms with Gasteiger partial charge in [0.15, 0.2) is 0 Å². The van der Waals surface area contributed by atoms with Crippen LogP contribution in [-0.4, -0.2) is 47.4 Å². The number of piperidine rings is 1. The van der Waals surface area contributed by atoms with Crippen molar-refractivity contribution in [3.63, 3.8) is 0 Å². The molecule has 0 amide bonds. The van der Waals surface area contributed by atoms with Crippen LogP contribution in [0.5, 0.6) is 0 Å². The number of hydrogen-bond donors (Lipinski definition) is 2. The van der Waals surface area contributed by atoms with E-state index >= 15 is 0 Å². The number of aryl methyl sites for hydroxylation is 1. The molecule has 8 nitrogen and oxygen atoms in total. The molecule has 1 aliphatic heterocycles. The van der Waals surface area contributed by atoms with Crippen molar-refractivity contribution in [3.05, 3.63) is 35.4 Å². The van der Waals surface area contributed by atoms with E-state index < -0.39 is 11.0 Å². The van der Waals surface area contributed by atoms with Gasteiger partial charge in [0.25, 0.3) is 0 Å². The van der Waals surface area contributed by atoms with Crippen molar-refractivity contribution in [1.29, 1.82) is 0 Å². The molecule has 0 bridgehead atoms. The van der Waals surface area contributed by atoms with E-state index in [0.29, 0.717) is 10.8 Å². The quantitative estimate of drug-likeness (QED) is 0.529. The number of pyridine rings is 1. The maximum Gasteiger partial charge on any atom is 0.211 e. The molecule has 4 heterocycles. The zero-order chi connectivity index (χ0) is 25.0. The molecule has 3 aromatic rings. The second-order valence-corrected chi connectivity index (χ2v) is 13.3. The Morgan fingerprint density at radius 2 is 1.97 bits per heavy atom. The van der Waals surface area contributed by atoms with Crippen LogP contribution in [0.2, 0.25) is 5.02 Å². The first-order valence-corrected chi connectivity index (χ1v) is 13.8. The zero-order valence-electron chi connectivity index (χ0n) is 20.8. The molecule has 1 aliphatic carbocycles. The maximum atomic E-state index is 13.1. The first kappa shape index (κ1) is 24.5. The summed E-state index contributed by atoms with van der Waals surface area (Å²) in [5.41, 5.74) is 9.40. The molecule has 2 unspecified atom stereocenters. The average molecular weight is 516 g/mol. The van der Waals surface area contributed by atoms with Gasteiger partial charge < -0.3 is 10.6 Å². The Labute approximate surface area is 214 Å². The number of nitrogen functional groups attached to an aromatic ring is 1. The molecule has 1 spiro atoms. The van der Waals surface area contributed by atoms with Crippen LogP contribution in [0, 0.1) is 12.3 Å². The Hall–Kier alpha value is -2.23. The van der Waals surface area contributed by atoms with Crippen LogP contribution in [0.3, 0.4) is 0 Å². The summed E-state index contributed by atoms with van der Waals surface area (Å²) in [5.74, 6) is 1.24. The molecule has 0 radical (unpaired) electrons. The highest BCUT2D eigenvalue weighted by molar-refractivity contribution is 7.84. The van der Waals surface area contributed by atoms with E-state index in [2.05, 4.69) is 19.6 Å². The van der Waals surface area contributed by atoms with Crippen molar-refractivity contribution < 1.29 is 4.21 Å². The van der Waals surface area contributed by atoms with Crippen LogP contribution in [0.4, 0.5) is 11.8 Å². The van der Waals surface area contributed by atoms with Gasteiger partial charge in [-0.25, -0.2) is 23.9 Å². The Kier molecular flexibility index (Phi) is 6.30. The molecule has 3 aromatic heterocycles. The second-order valence-electron chi connectivity index (χ2n) is 10.9. The first-order chi connectivity index (χ1) is 16.6. The minimum atomic E-state index is -1.13. The van der Waals surface area contributed by atoms with Gasteiger partial charge in [-0.15, -0.1) is 0 Å². The molecule has 0 aromatic carbocycles. The SMILES string of the molecule is Cc1nc(N2CCC3(CCCC3)C(NS(=O)C(C)(C)C)C2)n2ccnc2c1-c1cc(N)ncc1Cl. The predicted molar refractivity (Wildman–Crippen MR) is 143 cm³/mol. The molecule has 1 saturated carbocycles. The molecule has 35 heavy (non-hydrogen) atoms. The lowest BCUT2D eigenvalue weighted by molar-refractivity contribution is 0.176. The van der Waals surface area contributed by atoms with Gasteiger partial charge in [-0.1, -0.05) is 24.4 Å². The molecule has 5 rings (SSSR count). The fraction of sp³-hybridized carbons (Fsp3) is 0.560. The molecule has 3 N–H and O–H groups in total. The standard InChI is InChI=1S/C25H34ClN7OS/c1-16-21(17-13-20(27)29-14-18(17)26)22-28-10-12-33(22)23(30-16)32-11-9-25(7-5-6-8-25)19(15-32)31-35(34)24(2,3)4/h10,12-14,19,31H,5-9,11,15H2,1-4H3,(H2,27,29). The first-order valence-electron chi connectivity index (χ1n) is 12.3. The number of imidazole rings is 1. The van der Waals surface area contributed by atoms with Gasteiger partial charge >= 0.3 is 0 Å². The molecular formula is C25H34ClN7OS. The number of nitrogens with one attached hydrogen (secondary N) is 1. The zero-order valence-corrected chi connectivity index (χ0v) is 22.4. The van der Waals surface area contributed by atoms with E-state index in [0.717, 1.165) is 47.9 Å². The summed E-state index contributed by atoms with van der Waals surface area (Å²) in [7, 11) is -1.13. The molecule has 10 heteroatoms. The Balaban J connectivity index is 1.54. The second kappa shape index (κ2) is 9.01. The van der Waals surface area contributed by atoms with Gasteiger partial charge in [-0.05, 0) is 58.4 Å². The Bertz CT molecular complexity index is 1280. The third-order valence-electron chi connectivity index (χ3n) is 7.56. The molecule has 2 atom stereocenters. The highest BCUT2D eigenvalue weighted by Gasteiger charge is 2.46. The van der Waals surface area contributed by atoms with Crippen molar-refractivity contribution in [3.8, 4) is 11.1 Å². The normalized spacial score (nSPS) is 21.2.